The lowest BCUT2D eigenvalue weighted by Gasteiger charge is -2.10. The van der Waals surface area contributed by atoms with E-state index < -0.39 is 0 Å². The summed E-state index contributed by atoms with van der Waals surface area (Å²) in [6.45, 7) is 0.391. The number of nitrogen functional groups attached to an aromatic ring is 1. The van der Waals surface area contributed by atoms with Crippen LogP contribution >= 0.6 is 11.6 Å². The van der Waals surface area contributed by atoms with Crippen LogP contribution in [0.3, 0.4) is 0 Å². The molecule has 0 aliphatic rings. The van der Waals surface area contributed by atoms with Gasteiger partial charge in [0.25, 0.3) is 0 Å². The smallest absolute Gasteiger partial charge is 0.134 e. The third-order valence-corrected chi connectivity index (χ3v) is 3.78. The first-order valence-corrected chi connectivity index (χ1v) is 7.53. The largest absolute Gasteiger partial charge is 0.489 e. The molecular formula is C19H15ClFNO. The second-order valence-electron chi connectivity index (χ2n) is 5.16. The molecule has 0 radical (unpaired) electrons. The molecule has 3 aromatic carbocycles. The van der Waals surface area contributed by atoms with E-state index in [1.165, 1.54) is 6.07 Å². The maximum Gasteiger partial charge on any atom is 0.134 e. The summed E-state index contributed by atoms with van der Waals surface area (Å²) in [7, 11) is 0. The molecule has 4 heteroatoms. The molecule has 3 aromatic rings. The fraction of sp³-hybridized carbons (Fsp3) is 0.0526. The molecule has 0 aliphatic carbocycles. The van der Waals surface area contributed by atoms with E-state index in [9.17, 15) is 4.39 Å². The van der Waals surface area contributed by atoms with Gasteiger partial charge >= 0.3 is 0 Å². The van der Waals surface area contributed by atoms with Crippen molar-refractivity contribution in [3.05, 3.63) is 83.1 Å². The normalized spacial score (nSPS) is 10.5. The SMILES string of the molecule is Nc1ccc(-c2ccc(OCc3ccccc3)cc2F)c(Cl)c1. The molecule has 0 fully saturated rings. The van der Waals surface area contributed by atoms with Crippen molar-refractivity contribution in [3.63, 3.8) is 0 Å². The van der Waals surface area contributed by atoms with Crippen molar-refractivity contribution in [1.82, 2.24) is 0 Å². The summed E-state index contributed by atoms with van der Waals surface area (Å²) in [5.74, 6) is 0.0869. The average molecular weight is 328 g/mol. The first-order valence-electron chi connectivity index (χ1n) is 7.15. The molecule has 116 valence electrons. The molecule has 0 heterocycles. The van der Waals surface area contributed by atoms with Crippen LogP contribution in [0.15, 0.2) is 66.7 Å². The van der Waals surface area contributed by atoms with Crippen LogP contribution in [0.2, 0.25) is 5.02 Å². The third-order valence-electron chi connectivity index (χ3n) is 3.47. The first-order chi connectivity index (χ1) is 11.1. The molecule has 0 aromatic heterocycles. The zero-order chi connectivity index (χ0) is 16.2. The fourth-order valence-electron chi connectivity index (χ4n) is 2.29. The summed E-state index contributed by atoms with van der Waals surface area (Å²) in [4.78, 5) is 0. The van der Waals surface area contributed by atoms with E-state index in [-0.39, 0.29) is 5.82 Å². The Morgan fingerprint density at radius 2 is 1.65 bits per heavy atom. The van der Waals surface area contributed by atoms with Crippen LogP contribution in [-0.2, 0) is 6.61 Å². The zero-order valence-corrected chi connectivity index (χ0v) is 13.1. The van der Waals surface area contributed by atoms with E-state index >= 15 is 0 Å². The second-order valence-corrected chi connectivity index (χ2v) is 5.56. The predicted molar refractivity (Wildman–Crippen MR) is 92.0 cm³/mol. The summed E-state index contributed by atoms with van der Waals surface area (Å²) < 4.78 is 20.0. The number of hydrogen-bond acceptors (Lipinski definition) is 2. The molecule has 2 nitrogen and oxygen atoms in total. The standard InChI is InChI=1S/C19H15ClFNO/c20-18-10-14(22)6-8-16(18)17-9-7-15(11-19(17)21)23-12-13-4-2-1-3-5-13/h1-11H,12,22H2. The minimum Gasteiger partial charge on any atom is -0.489 e. The van der Waals surface area contributed by atoms with Gasteiger partial charge in [-0.15, -0.1) is 0 Å². The molecule has 0 spiro atoms. The number of halogens is 2. The predicted octanol–water partition coefficient (Wildman–Crippen LogP) is 5.31. The highest BCUT2D eigenvalue weighted by atomic mass is 35.5. The summed E-state index contributed by atoms with van der Waals surface area (Å²) in [6.07, 6.45) is 0. The highest BCUT2D eigenvalue weighted by molar-refractivity contribution is 6.33. The van der Waals surface area contributed by atoms with Crippen molar-refractivity contribution in [2.75, 3.05) is 5.73 Å². The highest BCUT2D eigenvalue weighted by Gasteiger charge is 2.10. The lowest BCUT2D eigenvalue weighted by Crippen LogP contribution is -1.96. The van der Waals surface area contributed by atoms with Gasteiger partial charge in [0.1, 0.15) is 18.2 Å². The van der Waals surface area contributed by atoms with Gasteiger partial charge < -0.3 is 10.5 Å². The Labute approximate surface area is 139 Å². The molecule has 3 rings (SSSR count). The first kappa shape index (κ1) is 15.4. The van der Waals surface area contributed by atoms with Gasteiger partial charge in [-0.3, -0.25) is 0 Å². The number of hydrogen-bond donors (Lipinski definition) is 1. The van der Waals surface area contributed by atoms with Gasteiger partial charge in [-0.25, -0.2) is 4.39 Å². The Kier molecular flexibility index (Phi) is 4.49. The van der Waals surface area contributed by atoms with Crippen LogP contribution in [0, 0.1) is 5.82 Å². The Balaban J connectivity index is 1.80. The lowest BCUT2D eigenvalue weighted by atomic mass is 10.0. The molecule has 2 N–H and O–H groups in total. The van der Waals surface area contributed by atoms with Crippen LogP contribution in [0.5, 0.6) is 5.75 Å². The van der Waals surface area contributed by atoms with Crippen molar-refractivity contribution in [1.29, 1.82) is 0 Å². The molecular weight excluding hydrogens is 313 g/mol. The van der Waals surface area contributed by atoms with Crippen molar-refractivity contribution in [3.8, 4) is 16.9 Å². The lowest BCUT2D eigenvalue weighted by molar-refractivity contribution is 0.304. The molecule has 0 aliphatic heterocycles. The van der Waals surface area contributed by atoms with E-state index in [1.54, 1.807) is 30.3 Å². The van der Waals surface area contributed by atoms with Crippen molar-refractivity contribution in [2.45, 2.75) is 6.61 Å². The summed E-state index contributed by atoms with van der Waals surface area (Å²) in [5.41, 5.74) is 8.26. The number of ether oxygens (including phenoxy) is 1. The Morgan fingerprint density at radius 1 is 0.913 bits per heavy atom. The van der Waals surface area contributed by atoms with Gasteiger partial charge in [0.15, 0.2) is 0 Å². The van der Waals surface area contributed by atoms with Crippen LogP contribution in [0.4, 0.5) is 10.1 Å². The van der Waals surface area contributed by atoms with E-state index in [2.05, 4.69) is 0 Å². The number of anilines is 1. The van der Waals surface area contributed by atoms with E-state index in [1.807, 2.05) is 30.3 Å². The molecule has 0 saturated heterocycles. The fourth-order valence-corrected chi connectivity index (χ4v) is 2.59. The number of nitrogens with two attached hydrogens (primary N) is 1. The van der Waals surface area contributed by atoms with Crippen LogP contribution in [0.25, 0.3) is 11.1 Å². The van der Waals surface area contributed by atoms with E-state index in [0.717, 1.165) is 5.56 Å². The minimum absolute atomic E-state index is 0.387. The van der Waals surface area contributed by atoms with Gasteiger partial charge in [-0.05, 0) is 29.8 Å². The van der Waals surface area contributed by atoms with Gasteiger partial charge in [0.2, 0.25) is 0 Å². The van der Waals surface area contributed by atoms with Gasteiger partial charge in [0.05, 0.1) is 5.02 Å². The van der Waals surface area contributed by atoms with Crippen LogP contribution in [-0.4, -0.2) is 0 Å². The minimum atomic E-state index is -0.387. The molecule has 0 amide bonds. The van der Waals surface area contributed by atoms with Crippen molar-refractivity contribution >= 4 is 17.3 Å². The monoisotopic (exact) mass is 327 g/mol. The molecule has 0 atom stereocenters. The summed E-state index contributed by atoms with van der Waals surface area (Å²) in [6, 6.07) is 19.5. The summed E-state index contributed by atoms with van der Waals surface area (Å²) >= 11 is 6.14. The van der Waals surface area contributed by atoms with Crippen molar-refractivity contribution in [2.24, 2.45) is 0 Å². The van der Waals surface area contributed by atoms with Gasteiger partial charge in [-0.2, -0.15) is 0 Å². The number of rotatable bonds is 4. The zero-order valence-electron chi connectivity index (χ0n) is 12.3. The Morgan fingerprint density at radius 3 is 2.35 bits per heavy atom. The molecule has 0 bridgehead atoms. The topological polar surface area (TPSA) is 35.2 Å². The van der Waals surface area contributed by atoms with Crippen LogP contribution in [0.1, 0.15) is 5.56 Å². The molecule has 0 saturated carbocycles. The van der Waals surface area contributed by atoms with E-state index in [0.29, 0.717) is 34.2 Å². The highest BCUT2D eigenvalue weighted by Crippen LogP contribution is 2.33. The van der Waals surface area contributed by atoms with Gasteiger partial charge in [-0.1, -0.05) is 48.0 Å². The maximum absolute atomic E-state index is 14.4. The Hall–Kier alpha value is -2.52. The number of benzene rings is 3. The third kappa shape index (κ3) is 3.63. The molecule has 0 unspecified atom stereocenters. The average Bonchev–Trinajstić information content (AvgIpc) is 2.55. The molecule has 23 heavy (non-hydrogen) atoms. The summed E-state index contributed by atoms with van der Waals surface area (Å²) in [5, 5.41) is 0.418. The second kappa shape index (κ2) is 6.71. The maximum atomic E-state index is 14.4. The van der Waals surface area contributed by atoms with Crippen LogP contribution < -0.4 is 10.5 Å². The van der Waals surface area contributed by atoms with Gasteiger partial charge in [0, 0.05) is 22.9 Å². The quantitative estimate of drug-likeness (QED) is 0.659. The van der Waals surface area contributed by atoms with E-state index in [4.69, 9.17) is 22.1 Å². The Bertz CT molecular complexity index is 821. The van der Waals surface area contributed by atoms with Crippen molar-refractivity contribution < 1.29 is 9.13 Å².